The highest BCUT2D eigenvalue weighted by atomic mass is 127. The summed E-state index contributed by atoms with van der Waals surface area (Å²) in [4.78, 5) is 0. The Morgan fingerprint density at radius 2 is 1.58 bits per heavy atom. The third kappa shape index (κ3) is 3.04. The SMILES string of the molecule is COc1cccc(OC)c1Oc1ccc(I)cc1N. The van der Waals surface area contributed by atoms with Gasteiger partial charge in [-0.3, -0.25) is 0 Å². The predicted molar refractivity (Wildman–Crippen MR) is 83.2 cm³/mol. The summed E-state index contributed by atoms with van der Waals surface area (Å²) in [6.07, 6.45) is 0. The molecule has 0 aromatic heterocycles. The summed E-state index contributed by atoms with van der Waals surface area (Å²) < 4.78 is 17.4. The van der Waals surface area contributed by atoms with Crippen LogP contribution >= 0.6 is 22.6 Å². The van der Waals surface area contributed by atoms with Gasteiger partial charge in [0.05, 0.1) is 19.9 Å². The lowest BCUT2D eigenvalue weighted by Crippen LogP contribution is -1.97. The average Bonchev–Trinajstić information content (AvgIpc) is 2.42. The van der Waals surface area contributed by atoms with E-state index in [1.807, 2.05) is 24.3 Å². The smallest absolute Gasteiger partial charge is 0.211 e. The molecule has 2 N–H and O–H groups in total. The summed E-state index contributed by atoms with van der Waals surface area (Å²) in [5.41, 5.74) is 6.51. The van der Waals surface area contributed by atoms with Gasteiger partial charge in [-0.2, -0.15) is 0 Å². The first-order valence-corrected chi connectivity index (χ1v) is 6.67. The summed E-state index contributed by atoms with van der Waals surface area (Å²) >= 11 is 2.20. The quantitative estimate of drug-likeness (QED) is 0.658. The molecule has 0 saturated carbocycles. The van der Waals surface area contributed by atoms with Crippen molar-refractivity contribution in [3.63, 3.8) is 0 Å². The van der Waals surface area contributed by atoms with Crippen LogP contribution in [0.4, 0.5) is 5.69 Å². The molecule has 0 unspecified atom stereocenters. The summed E-state index contributed by atoms with van der Waals surface area (Å²) in [6.45, 7) is 0. The Kier molecular flexibility index (Phi) is 4.36. The van der Waals surface area contributed by atoms with Gasteiger partial charge in [-0.25, -0.2) is 0 Å². The fourth-order valence-electron chi connectivity index (χ4n) is 1.64. The topological polar surface area (TPSA) is 53.7 Å². The zero-order valence-corrected chi connectivity index (χ0v) is 12.8. The van der Waals surface area contributed by atoms with Gasteiger partial charge in [0.1, 0.15) is 0 Å². The van der Waals surface area contributed by atoms with Crippen molar-refractivity contribution in [1.29, 1.82) is 0 Å². The van der Waals surface area contributed by atoms with Gasteiger partial charge in [0.15, 0.2) is 17.2 Å². The Balaban J connectivity index is 2.42. The fraction of sp³-hybridized carbons (Fsp3) is 0.143. The lowest BCUT2D eigenvalue weighted by molar-refractivity contribution is 0.347. The van der Waals surface area contributed by atoms with E-state index in [1.54, 1.807) is 26.4 Å². The number of para-hydroxylation sites is 1. The maximum absolute atomic E-state index is 5.94. The number of benzene rings is 2. The van der Waals surface area contributed by atoms with Crippen LogP contribution in [-0.4, -0.2) is 14.2 Å². The van der Waals surface area contributed by atoms with Crippen LogP contribution in [0.2, 0.25) is 0 Å². The largest absolute Gasteiger partial charge is 0.493 e. The van der Waals surface area contributed by atoms with Crippen molar-refractivity contribution in [3.05, 3.63) is 40.0 Å². The van der Waals surface area contributed by atoms with Crippen molar-refractivity contribution in [2.45, 2.75) is 0 Å². The lowest BCUT2D eigenvalue weighted by Gasteiger charge is -2.15. The van der Waals surface area contributed by atoms with Gasteiger partial charge in [0, 0.05) is 3.57 Å². The molecule has 0 spiro atoms. The second kappa shape index (κ2) is 6.01. The molecule has 4 nitrogen and oxygen atoms in total. The van der Waals surface area contributed by atoms with Gasteiger partial charge in [-0.1, -0.05) is 6.07 Å². The molecule has 100 valence electrons. The number of nitrogens with two attached hydrogens (primary N) is 1. The van der Waals surface area contributed by atoms with Crippen molar-refractivity contribution in [2.75, 3.05) is 20.0 Å². The van der Waals surface area contributed by atoms with Gasteiger partial charge >= 0.3 is 0 Å². The molecule has 0 aliphatic heterocycles. The zero-order chi connectivity index (χ0) is 13.8. The standard InChI is InChI=1S/C14H14INO3/c1-17-12-4-3-5-13(18-2)14(12)19-11-7-6-9(15)8-10(11)16/h3-8H,16H2,1-2H3. The molecule has 0 bridgehead atoms. The number of ether oxygens (including phenoxy) is 3. The van der Waals surface area contributed by atoms with E-state index < -0.39 is 0 Å². The first-order chi connectivity index (χ1) is 9.15. The van der Waals surface area contributed by atoms with E-state index in [1.165, 1.54) is 0 Å². The monoisotopic (exact) mass is 371 g/mol. The predicted octanol–water partition coefficient (Wildman–Crippen LogP) is 3.68. The number of hydrogen-bond acceptors (Lipinski definition) is 4. The third-order valence-electron chi connectivity index (χ3n) is 2.57. The second-order valence-corrected chi connectivity index (χ2v) is 5.02. The molecule has 0 fully saturated rings. The maximum Gasteiger partial charge on any atom is 0.211 e. The van der Waals surface area contributed by atoms with Crippen LogP contribution in [0.3, 0.4) is 0 Å². The number of rotatable bonds is 4. The van der Waals surface area contributed by atoms with E-state index in [0.29, 0.717) is 28.7 Å². The Morgan fingerprint density at radius 3 is 2.11 bits per heavy atom. The molecule has 2 rings (SSSR count). The van der Waals surface area contributed by atoms with Gasteiger partial charge in [-0.05, 0) is 52.9 Å². The first kappa shape index (κ1) is 13.8. The van der Waals surface area contributed by atoms with Crippen LogP contribution in [0.1, 0.15) is 0 Å². The molecular weight excluding hydrogens is 357 g/mol. The van der Waals surface area contributed by atoms with E-state index in [0.717, 1.165) is 3.57 Å². The fourth-order valence-corrected chi connectivity index (χ4v) is 2.16. The molecule has 0 heterocycles. The van der Waals surface area contributed by atoms with E-state index in [-0.39, 0.29) is 0 Å². The van der Waals surface area contributed by atoms with Crippen molar-refractivity contribution < 1.29 is 14.2 Å². The van der Waals surface area contributed by atoms with Crippen LogP contribution in [0.15, 0.2) is 36.4 Å². The van der Waals surface area contributed by atoms with Crippen LogP contribution in [0.25, 0.3) is 0 Å². The molecule has 19 heavy (non-hydrogen) atoms. The minimum absolute atomic E-state index is 0.514. The van der Waals surface area contributed by atoms with Gasteiger partial charge in [-0.15, -0.1) is 0 Å². The van der Waals surface area contributed by atoms with E-state index >= 15 is 0 Å². The third-order valence-corrected chi connectivity index (χ3v) is 3.24. The maximum atomic E-state index is 5.94. The Labute approximate surface area is 125 Å². The second-order valence-electron chi connectivity index (χ2n) is 3.78. The minimum Gasteiger partial charge on any atom is -0.493 e. The lowest BCUT2D eigenvalue weighted by atomic mass is 10.2. The van der Waals surface area contributed by atoms with Gasteiger partial charge < -0.3 is 19.9 Å². The van der Waals surface area contributed by atoms with Crippen molar-refractivity contribution in [2.24, 2.45) is 0 Å². The molecule has 0 aliphatic rings. The number of nitrogen functional groups attached to an aromatic ring is 1. The highest BCUT2D eigenvalue weighted by molar-refractivity contribution is 14.1. The van der Waals surface area contributed by atoms with E-state index in [9.17, 15) is 0 Å². The number of anilines is 1. The van der Waals surface area contributed by atoms with Gasteiger partial charge in [0.2, 0.25) is 5.75 Å². The zero-order valence-electron chi connectivity index (χ0n) is 10.6. The Morgan fingerprint density at radius 1 is 0.947 bits per heavy atom. The summed E-state index contributed by atoms with van der Waals surface area (Å²) in [5.74, 6) is 2.28. The normalized spacial score (nSPS) is 10.1. The van der Waals surface area contributed by atoms with Crippen LogP contribution in [0.5, 0.6) is 23.0 Å². The molecule has 0 aliphatic carbocycles. The van der Waals surface area contributed by atoms with E-state index in [4.69, 9.17) is 19.9 Å². The van der Waals surface area contributed by atoms with Crippen LogP contribution < -0.4 is 19.9 Å². The Bertz CT molecular complexity index is 565. The van der Waals surface area contributed by atoms with Crippen LogP contribution in [-0.2, 0) is 0 Å². The number of halogens is 1. The van der Waals surface area contributed by atoms with Crippen molar-refractivity contribution in [1.82, 2.24) is 0 Å². The summed E-state index contributed by atoms with van der Waals surface area (Å²) in [6, 6.07) is 11.0. The minimum atomic E-state index is 0.514. The first-order valence-electron chi connectivity index (χ1n) is 5.59. The highest BCUT2D eigenvalue weighted by Gasteiger charge is 2.13. The molecule has 0 atom stereocenters. The Hall–Kier alpha value is -1.63. The number of methoxy groups -OCH3 is 2. The van der Waals surface area contributed by atoms with Crippen LogP contribution in [0, 0.1) is 3.57 Å². The highest BCUT2D eigenvalue weighted by Crippen LogP contribution is 2.41. The molecule has 2 aromatic carbocycles. The molecule has 0 radical (unpaired) electrons. The summed E-state index contributed by atoms with van der Waals surface area (Å²) in [7, 11) is 3.16. The van der Waals surface area contributed by atoms with Crippen molar-refractivity contribution in [3.8, 4) is 23.0 Å². The molecule has 0 saturated heterocycles. The molecule has 5 heteroatoms. The van der Waals surface area contributed by atoms with Gasteiger partial charge in [0.25, 0.3) is 0 Å². The van der Waals surface area contributed by atoms with Crippen molar-refractivity contribution >= 4 is 28.3 Å². The molecule has 2 aromatic rings. The molecular formula is C14H14INO3. The number of hydrogen-bond donors (Lipinski definition) is 1. The van der Waals surface area contributed by atoms with E-state index in [2.05, 4.69) is 22.6 Å². The summed E-state index contributed by atoms with van der Waals surface area (Å²) in [5, 5.41) is 0. The average molecular weight is 371 g/mol. The molecule has 0 amide bonds.